The summed E-state index contributed by atoms with van der Waals surface area (Å²) < 4.78 is 0. The fourth-order valence-electron chi connectivity index (χ4n) is 3.45. The predicted molar refractivity (Wildman–Crippen MR) is 78.9 cm³/mol. The summed E-state index contributed by atoms with van der Waals surface area (Å²) in [5.74, 6) is 1.84. The van der Waals surface area contributed by atoms with Crippen molar-refractivity contribution in [2.75, 3.05) is 18.4 Å². The van der Waals surface area contributed by atoms with Gasteiger partial charge in [0.15, 0.2) is 0 Å². The first-order chi connectivity index (χ1) is 8.79. The highest BCUT2D eigenvalue weighted by molar-refractivity contribution is 9.09. The Morgan fingerprint density at radius 2 is 1.78 bits per heavy atom. The van der Waals surface area contributed by atoms with Crippen molar-refractivity contribution in [3.63, 3.8) is 0 Å². The van der Waals surface area contributed by atoms with E-state index in [2.05, 4.69) is 20.8 Å². The van der Waals surface area contributed by atoms with Gasteiger partial charge in [0.25, 0.3) is 0 Å². The molecule has 1 amide bonds. The summed E-state index contributed by atoms with van der Waals surface area (Å²) in [5.41, 5.74) is 0. The van der Waals surface area contributed by atoms with Crippen molar-refractivity contribution in [1.29, 1.82) is 0 Å². The molecule has 1 heterocycles. The molecule has 0 aromatic carbocycles. The molecule has 2 rings (SSSR count). The summed E-state index contributed by atoms with van der Waals surface area (Å²) in [5, 5.41) is 1.07. The second kappa shape index (κ2) is 7.52. The van der Waals surface area contributed by atoms with Crippen LogP contribution in [0.15, 0.2) is 0 Å². The van der Waals surface area contributed by atoms with Crippen LogP contribution in [0, 0.1) is 11.8 Å². The molecule has 18 heavy (non-hydrogen) atoms. The summed E-state index contributed by atoms with van der Waals surface area (Å²) in [6, 6.07) is 0. The minimum Gasteiger partial charge on any atom is -0.342 e. The van der Waals surface area contributed by atoms with Crippen LogP contribution in [-0.2, 0) is 4.79 Å². The molecule has 0 aromatic heterocycles. The standard InChI is InChI=1S/C15H26BrNO/c16-9-8-14-7-4-10-17(12-14)15(18)11-13-5-2-1-3-6-13/h13-14H,1-12H2. The lowest BCUT2D eigenvalue weighted by Crippen LogP contribution is -2.40. The van der Waals surface area contributed by atoms with E-state index in [1.807, 2.05) is 0 Å². The maximum absolute atomic E-state index is 12.3. The quantitative estimate of drug-likeness (QED) is 0.718. The van der Waals surface area contributed by atoms with Crippen LogP contribution in [0.2, 0.25) is 0 Å². The van der Waals surface area contributed by atoms with Gasteiger partial charge in [-0.05, 0) is 43.9 Å². The van der Waals surface area contributed by atoms with E-state index in [1.54, 1.807) is 0 Å². The maximum atomic E-state index is 12.3. The third-order valence-electron chi connectivity index (χ3n) is 4.58. The average molecular weight is 316 g/mol. The first-order valence-corrected chi connectivity index (χ1v) is 8.75. The molecule has 2 aliphatic rings. The van der Waals surface area contributed by atoms with Gasteiger partial charge in [-0.1, -0.05) is 35.2 Å². The molecule has 104 valence electrons. The van der Waals surface area contributed by atoms with Gasteiger partial charge in [0.2, 0.25) is 5.91 Å². The van der Waals surface area contributed by atoms with Crippen molar-refractivity contribution in [2.24, 2.45) is 11.8 Å². The van der Waals surface area contributed by atoms with Crippen molar-refractivity contribution in [1.82, 2.24) is 4.90 Å². The van der Waals surface area contributed by atoms with Crippen LogP contribution in [0.5, 0.6) is 0 Å². The number of rotatable bonds is 4. The molecular formula is C15H26BrNO. The van der Waals surface area contributed by atoms with Crippen molar-refractivity contribution < 1.29 is 4.79 Å². The Kier molecular flexibility index (Phi) is 6.00. The van der Waals surface area contributed by atoms with Crippen molar-refractivity contribution in [3.05, 3.63) is 0 Å². The largest absolute Gasteiger partial charge is 0.342 e. The lowest BCUT2D eigenvalue weighted by Gasteiger charge is -2.34. The van der Waals surface area contributed by atoms with E-state index in [0.29, 0.717) is 11.8 Å². The Balaban J connectivity index is 1.76. The van der Waals surface area contributed by atoms with Crippen LogP contribution in [0.1, 0.15) is 57.8 Å². The second-order valence-electron chi connectivity index (χ2n) is 6.03. The molecule has 0 N–H and O–H groups in total. The van der Waals surface area contributed by atoms with Gasteiger partial charge in [-0.3, -0.25) is 4.79 Å². The smallest absolute Gasteiger partial charge is 0.222 e. The predicted octanol–water partition coefficient (Wildman–Crippen LogP) is 3.98. The number of hydrogen-bond acceptors (Lipinski definition) is 1. The number of piperidine rings is 1. The molecule has 3 heteroatoms. The van der Waals surface area contributed by atoms with E-state index in [1.165, 1.54) is 51.4 Å². The van der Waals surface area contributed by atoms with E-state index in [-0.39, 0.29) is 0 Å². The fraction of sp³-hybridized carbons (Fsp3) is 0.933. The van der Waals surface area contributed by atoms with Crippen LogP contribution in [0.4, 0.5) is 0 Å². The normalized spacial score (nSPS) is 26.3. The van der Waals surface area contributed by atoms with E-state index in [9.17, 15) is 4.79 Å². The Hall–Kier alpha value is -0.0500. The number of halogens is 1. The monoisotopic (exact) mass is 315 g/mol. The van der Waals surface area contributed by atoms with Gasteiger partial charge in [0.1, 0.15) is 0 Å². The lowest BCUT2D eigenvalue weighted by molar-refractivity contribution is -0.134. The topological polar surface area (TPSA) is 20.3 Å². The number of hydrogen-bond donors (Lipinski definition) is 0. The molecule has 2 fully saturated rings. The molecule has 0 bridgehead atoms. The van der Waals surface area contributed by atoms with Gasteiger partial charge in [0, 0.05) is 24.8 Å². The molecule has 1 aliphatic carbocycles. The number of carbonyl (C=O) groups excluding carboxylic acids is 1. The summed E-state index contributed by atoms with van der Waals surface area (Å²) in [6.45, 7) is 2.02. The Morgan fingerprint density at radius 3 is 2.50 bits per heavy atom. The van der Waals surface area contributed by atoms with Gasteiger partial charge in [-0.2, -0.15) is 0 Å². The molecule has 1 saturated carbocycles. The number of alkyl halides is 1. The molecule has 1 saturated heterocycles. The Morgan fingerprint density at radius 1 is 1.06 bits per heavy atom. The highest BCUT2D eigenvalue weighted by atomic mass is 79.9. The molecular weight excluding hydrogens is 290 g/mol. The lowest BCUT2D eigenvalue weighted by atomic mass is 9.86. The summed E-state index contributed by atoms with van der Waals surface area (Å²) in [4.78, 5) is 14.5. The zero-order chi connectivity index (χ0) is 12.8. The fourth-order valence-corrected chi connectivity index (χ4v) is 4.10. The number of carbonyl (C=O) groups is 1. The van der Waals surface area contributed by atoms with Gasteiger partial charge in [0.05, 0.1) is 0 Å². The van der Waals surface area contributed by atoms with E-state index >= 15 is 0 Å². The average Bonchev–Trinajstić information content (AvgIpc) is 2.40. The molecule has 2 nitrogen and oxygen atoms in total. The molecule has 1 unspecified atom stereocenters. The van der Waals surface area contributed by atoms with Crippen molar-refractivity contribution in [3.8, 4) is 0 Å². The molecule has 1 aliphatic heterocycles. The summed E-state index contributed by atoms with van der Waals surface area (Å²) in [6.07, 6.45) is 11.2. The first kappa shape index (κ1) is 14.4. The molecule has 0 radical (unpaired) electrons. The van der Waals surface area contributed by atoms with Gasteiger partial charge in [-0.15, -0.1) is 0 Å². The van der Waals surface area contributed by atoms with E-state index in [4.69, 9.17) is 0 Å². The Bertz CT molecular complexity index is 261. The minimum atomic E-state index is 0.432. The minimum absolute atomic E-state index is 0.432. The van der Waals surface area contributed by atoms with Gasteiger partial charge in [-0.25, -0.2) is 0 Å². The van der Waals surface area contributed by atoms with Crippen LogP contribution in [-0.4, -0.2) is 29.2 Å². The SMILES string of the molecule is O=C(CC1CCCCC1)N1CCCC(CCBr)C1. The highest BCUT2D eigenvalue weighted by Gasteiger charge is 2.25. The third kappa shape index (κ3) is 4.25. The summed E-state index contributed by atoms with van der Waals surface area (Å²) in [7, 11) is 0. The van der Waals surface area contributed by atoms with Gasteiger partial charge >= 0.3 is 0 Å². The zero-order valence-corrected chi connectivity index (χ0v) is 13.0. The molecule has 0 aromatic rings. The first-order valence-electron chi connectivity index (χ1n) is 7.63. The second-order valence-corrected chi connectivity index (χ2v) is 6.83. The van der Waals surface area contributed by atoms with E-state index < -0.39 is 0 Å². The molecule has 1 atom stereocenters. The van der Waals surface area contributed by atoms with Crippen LogP contribution in [0.3, 0.4) is 0 Å². The maximum Gasteiger partial charge on any atom is 0.222 e. The van der Waals surface area contributed by atoms with Crippen molar-refractivity contribution >= 4 is 21.8 Å². The number of amides is 1. The van der Waals surface area contributed by atoms with Crippen molar-refractivity contribution in [2.45, 2.75) is 57.8 Å². The van der Waals surface area contributed by atoms with Gasteiger partial charge < -0.3 is 4.90 Å². The van der Waals surface area contributed by atoms with Crippen LogP contribution < -0.4 is 0 Å². The molecule has 0 spiro atoms. The Labute approximate surface area is 120 Å². The number of nitrogens with zero attached hydrogens (tertiary/aromatic N) is 1. The highest BCUT2D eigenvalue weighted by Crippen LogP contribution is 2.28. The zero-order valence-electron chi connectivity index (χ0n) is 11.4. The van der Waals surface area contributed by atoms with Crippen LogP contribution in [0.25, 0.3) is 0 Å². The van der Waals surface area contributed by atoms with Crippen LogP contribution >= 0.6 is 15.9 Å². The number of likely N-dealkylation sites (tertiary alicyclic amines) is 1. The van der Waals surface area contributed by atoms with E-state index in [0.717, 1.165) is 30.8 Å². The summed E-state index contributed by atoms with van der Waals surface area (Å²) >= 11 is 3.52. The third-order valence-corrected chi connectivity index (χ3v) is 5.03.